The minimum atomic E-state index is -2.63. The summed E-state index contributed by atoms with van der Waals surface area (Å²) in [6.07, 6.45) is 1.00. The smallest absolute Gasteiger partial charge is 0.295 e. The molecule has 10 nitrogen and oxygen atoms in total. The maximum absolute atomic E-state index is 14.3. The van der Waals surface area contributed by atoms with Gasteiger partial charge in [0.05, 0.1) is 0 Å². The molecule has 50 heavy (non-hydrogen) atoms. The normalized spacial score (nSPS) is 15.3. The van der Waals surface area contributed by atoms with E-state index in [4.69, 9.17) is 9.47 Å². The van der Waals surface area contributed by atoms with E-state index in [1.165, 1.54) is 23.8 Å². The van der Waals surface area contributed by atoms with Crippen LogP contribution in [0.4, 0.5) is 11.4 Å². The molecule has 10 heteroatoms. The van der Waals surface area contributed by atoms with Crippen molar-refractivity contribution in [2.75, 3.05) is 17.7 Å². The number of imide groups is 1. The van der Waals surface area contributed by atoms with Gasteiger partial charge >= 0.3 is 0 Å². The number of amides is 4. The Morgan fingerprint density at radius 3 is 1.98 bits per heavy atom. The molecule has 266 valence electrons. The van der Waals surface area contributed by atoms with Crippen LogP contribution in [0, 0.1) is 0 Å². The van der Waals surface area contributed by atoms with E-state index < -0.39 is 41.2 Å². The zero-order valence-electron chi connectivity index (χ0n) is 30.3. The molecule has 1 aliphatic rings. The lowest BCUT2D eigenvalue weighted by Crippen LogP contribution is -2.65. The van der Waals surface area contributed by atoms with Gasteiger partial charge in [-0.05, 0) is 66.0 Å². The van der Waals surface area contributed by atoms with Crippen molar-refractivity contribution in [3.63, 3.8) is 0 Å². The van der Waals surface area contributed by atoms with Gasteiger partial charge in [-0.2, -0.15) is 0 Å². The minimum absolute atomic E-state index is 0.0287. The van der Waals surface area contributed by atoms with E-state index in [-0.39, 0.29) is 34.9 Å². The average Bonchev–Trinajstić information content (AvgIpc) is 3.45. The summed E-state index contributed by atoms with van der Waals surface area (Å²) in [4.78, 5) is 68.3. The van der Waals surface area contributed by atoms with Crippen molar-refractivity contribution in [3.05, 3.63) is 89.5 Å². The molecule has 3 aromatic carbocycles. The Morgan fingerprint density at radius 2 is 1.40 bits per heavy atom. The van der Waals surface area contributed by atoms with E-state index in [1.54, 1.807) is 36.4 Å². The number of para-hydroxylation sites is 1. The molecule has 0 saturated carbocycles. The van der Waals surface area contributed by atoms with Crippen molar-refractivity contribution in [1.82, 2.24) is 4.90 Å². The average molecular weight is 684 g/mol. The van der Waals surface area contributed by atoms with Crippen LogP contribution in [0.25, 0.3) is 0 Å². The summed E-state index contributed by atoms with van der Waals surface area (Å²) in [7, 11) is 1.10. The molecular formula is C40H49N3O7. The molecule has 1 saturated heterocycles. The monoisotopic (exact) mass is 683 g/mol. The second-order valence-electron chi connectivity index (χ2n) is 13.9. The Morgan fingerprint density at radius 1 is 0.780 bits per heavy atom. The van der Waals surface area contributed by atoms with Crippen LogP contribution in [-0.2, 0) is 34.7 Å². The predicted octanol–water partition coefficient (Wildman–Crippen LogP) is 7.17. The van der Waals surface area contributed by atoms with Gasteiger partial charge in [0.15, 0.2) is 6.10 Å². The molecule has 0 aliphatic carbocycles. The largest absolute Gasteiger partial charge is 0.480 e. The number of nitrogens with zero attached hydrogens (tertiary/aromatic N) is 1. The standard InChI is InChI=1S/C40H49N3O7/c1-9-31(50-32-21-20-27(38(4,5)10-2)25-30(32)39(6,7)11-3)36(47)41-29-19-15-16-26(24-29)35(46)40(49-8,43-33(44)22-23-34(43)45)37(48)42-28-17-13-12-14-18-28/h12-21,24-25,31H,9-11,22-23H2,1-8H3,(H,41,47)(H,42,48). The number of hydrogen-bond acceptors (Lipinski definition) is 7. The topological polar surface area (TPSA) is 131 Å². The van der Waals surface area contributed by atoms with Gasteiger partial charge < -0.3 is 20.1 Å². The van der Waals surface area contributed by atoms with Crippen molar-refractivity contribution >= 4 is 40.8 Å². The van der Waals surface area contributed by atoms with Gasteiger partial charge in [-0.15, -0.1) is 0 Å². The number of nitrogens with one attached hydrogen (secondary N) is 2. The Hall–Kier alpha value is -4.83. The summed E-state index contributed by atoms with van der Waals surface area (Å²) >= 11 is 0. The molecule has 2 unspecified atom stereocenters. The molecule has 0 radical (unpaired) electrons. The Kier molecular flexibility index (Phi) is 11.7. The van der Waals surface area contributed by atoms with E-state index in [1.807, 2.05) is 13.0 Å². The second-order valence-corrected chi connectivity index (χ2v) is 13.9. The van der Waals surface area contributed by atoms with E-state index in [9.17, 15) is 24.0 Å². The van der Waals surface area contributed by atoms with Crippen LogP contribution in [0.1, 0.15) is 102 Å². The maximum atomic E-state index is 14.3. The highest BCUT2D eigenvalue weighted by molar-refractivity contribution is 6.25. The minimum Gasteiger partial charge on any atom is -0.480 e. The van der Waals surface area contributed by atoms with Crippen molar-refractivity contribution in [3.8, 4) is 5.75 Å². The van der Waals surface area contributed by atoms with E-state index >= 15 is 0 Å². The number of Topliss-reactive ketones (excluding diaryl/α,β-unsaturated/α-hetero) is 1. The van der Waals surface area contributed by atoms with Crippen molar-refractivity contribution < 1.29 is 33.4 Å². The fourth-order valence-corrected chi connectivity index (χ4v) is 5.86. The molecule has 0 bridgehead atoms. The Labute approximate surface area is 294 Å². The summed E-state index contributed by atoms with van der Waals surface area (Å²) in [6.45, 7) is 14.9. The highest BCUT2D eigenvalue weighted by Crippen LogP contribution is 2.39. The van der Waals surface area contributed by atoms with Crippen LogP contribution in [0.2, 0.25) is 0 Å². The molecular weight excluding hydrogens is 634 g/mol. The number of methoxy groups -OCH3 is 1. The second kappa shape index (κ2) is 15.4. The zero-order chi connectivity index (χ0) is 36.9. The van der Waals surface area contributed by atoms with Gasteiger partial charge in [0.1, 0.15) is 5.75 Å². The third kappa shape index (κ3) is 7.65. The number of likely N-dealkylation sites (tertiary alicyclic amines) is 1. The fourth-order valence-electron chi connectivity index (χ4n) is 5.86. The first kappa shape index (κ1) is 38.0. The number of anilines is 2. The quantitative estimate of drug-likeness (QED) is 0.0987. The van der Waals surface area contributed by atoms with E-state index in [2.05, 4.69) is 64.3 Å². The third-order valence-electron chi connectivity index (χ3n) is 9.89. The molecule has 3 aromatic rings. The molecule has 1 aliphatic heterocycles. The molecule has 4 rings (SSSR count). The number of carbonyl (C=O) groups is 5. The third-order valence-corrected chi connectivity index (χ3v) is 9.89. The number of ketones is 1. The lowest BCUT2D eigenvalue weighted by atomic mass is 9.76. The van der Waals surface area contributed by atoms with Crippen molar-refractivity contribution in [2.45, 2.75) is 103 Å². The number of carbonyl (C=O) groups excluding carboxylic acids is 5. The molecule has 1 fully saturated rings. The molecule has 0 spiro atoms. The lowest BCUT2D eigenvalue weighted by molar-refractivity contribution is -0.170. The Balaban J connectivity index is 1.64. The molecule has 2 atom stereocenters. The summed E-state index contributed by atoms with van der Waals surface area (Å²) in [6, 6.07) is 20.5. The summed E-state index contributed by atoms with van der Waals surface area (Å²) < 4.78 is 12.0. The van der Waals surface area contributed by atoms with Crippen LogP contribution < -0.4 is 15.4 Å². The molecule has 2 N–H and O–H groups in total. The first-order valence-electron chi connectivity index (χ1n) is 17.2. The first-order chi connectivity index (χ1) is 23.6. The van der Waals surface area contributed by atoms with Crippen LogP contribution in [0.3, 0.4) is 0 Å². The van der Waals surface area contributed by atoms with Gasteiger partial charge in [0.2, 0.25) is 17.6 Å². The van der Waals surface area contributed by atoms with Gasteiger partial charge in [-0.1, -0.05) is 90.9 Å². The van der Waals surface area contributed by atoms with Crippen LogP contribution >= 0.6 is 0 Å². The molecule has 1 heterocycles. The first-order valence-corrected chi connectivity index (χ1v) is 17.2. The van der Waals surface area contributed by atoms with Crippen molar-refractivity contribution in [2.24, 2.45) is 0 Å². The van der Waals surface area contributed by atoms with Gasteiger partial charge in [-0.25, -0.2) is 4.90 Å². The summed E-state index contributed by atoms with van der Waals surface area (Å²) in [5, 5.41) is 5.46. The van der Waals surface area contributed by atoms with Gasteiger partial charge in [-0.3, -0.25) is 24.0 Å². The van der Waals surface area contributed by atoms with Crippen molar-refractivity contribution in [1.29, 1.82) is 0 Å². The van der Waals surface area contributed by atoms with E-state index in [0.29, 0.717) is 22.8 Å². The Bertz CT molecular complexity index is 1730. The van der Waals surface area contributed by atoms with E-state index in [0.717, 1.165) is 25.5 Å². The number of benzene rings is 3. The van der Waals surface area contributed by atoms with Gasteiger partial charge in [0.25, 0.3) is 17.5 Å². The van der Waals surface area contributed by atoms with Crippen LogP contribution in [-0.4, -0.2) is 53.3 Å². The zero-order valence-corrected chi connectivity index (χ0v) is 30.3. The van der Waals surface area contributed by atoms with Crippen LogP contribution in [0.15, 0.2) is 72.8 Å². The van der Waals surface area contributed by atoms with Crippen LogP contribution in [0.5, 0.6) is 5.75 Å². The fraction of sp³-hybridized carbons (Fsp3) is 0.425. The predicted molar refractivity (Wildman–Crippen MR) is 193 cm³/mol. The summed E-state index contributed by atoms with van der Waals surface area (Å²) in [5.74, 6) is -3.17. The maximum Gasteiger partial charge on any atom is 0.295 e. The highest BCUT2D eigenvalue weighted by atomic mass is 16.5. The molecule has 4 amide bonds. The number of ether oxygens (including phenoxy) is 2. The summed E-state index contributed by atoms with van der Waals surface area (Å²) in [5.41, 5.74) is -0.111. The highest BCUT2D eigenvalue weighted by Gasteiger charge is 2.58. The molecule has 0 aromatic heterocycles. The van der Waals surface area contributed by atoms with Gasteiger partial charge in [0, 0.05) is 42.5 Å². The number of rotatable bonds is 15. The lowest BCUT2D eigenvalue weighted by Gasteiger charge is -2.36. The number of hydrogen-bond donors (Lipinski definition) is 2. The SMILES string of the molecule is CCC(Oc1ccc(C(C)(C)CC)cc1C(C)(C)CC)C(=O)Nc1cccc(C(=O)C(OC)(C(=O)Nc2ccccc2)N2C(=O)CCC2=O)c1.